The molecule has 0 heterocycles. The summed E-state index contributed by atoms with van der Waals surface area (Å²) < 4.78 is 25.7. The standard InChI is InChI=1S/C12H15NO3S/c1-2-13-17(15,16)12-8-6-11(7-9-12)5-3-4-10-14/h6-9,13-14H,2,4,10H2,1H3. The zero-order chi connectivity index (χ0) is 12.7. The van der Waals surface area contributed by atoms with E-state index in [1.165, 1.54) is 12.1 Å². The van der Waals surface area contributed by atoms with E-state index in [4.69, 9.17) is 5.11 Å². The van der Waals surface area contributed by atoms with Gasteiger partial charge in [0.15, 0.2) is 0 Å². The number of hydrogen-bond donors (Lipinski definition) is 2. The molecule has 0 saturated carbocycles. The molecule has 0 atom stereocenters. The maximum absolute atomic E-state index is 11.6. The molecule has 5 heteroatoms. The molecular formula is C12H15NO3S. The van der Waals surface area contributed by atoms with Crippen LogP contribution in [-0.2, 0) is 10.0 Å². The van der Waals surface area contributed by atoms with Gasteiger partial charge in [0.1, 0.15) is 0 Å². The van der Waals surface area contributed by atoms with E-state index in [2.05, 4.69) is 16.6 Å². The van der Waals surface area contributed by atoms with Crippen LogP contribution in [0.3, 0.4) is 0 Å². The number of aliphatic hydroxyl groups is 1. The normalized spacial score (nSPS) is 10.7. The predicted octanol–water partition coefficient (Wildman–Crippen LogP) is 0.719. The Labute approximate surface area is 102 Å². The Morgan fingerprint density at radius 3 is 2.47 bits per heavy atom. The number of hydrogen-bond acceptors (Lipinski definition) is 3. The van der Waals surface area contributed by atoms with E-state index in [0.29, 0.717) is 13.0 Å². The molecule has 0 aromatic heterocycles. The first-order chi connectivity index (χ1) is 8.10. The van der Waals surface area contributed by atoms with Crippen molar-refractivity contribution >= 4 is 10.0 Å². The maximum Gasteiger partial charge on any atom is 0.240 e. The van der Waals surface area contributed by atoms with E-state index in [0.717, 1.165) is 5.56 Å². The first kappa shape index (κ1) is 13.7. The van der Waals surface area contributed by atoms with Gasteiger partial charge < -0.3 is 5.11 Å². The smallest absolute Gasteiger partial charge is 0.240 e. The number of aliphatic hydroxyl groups excluding tert-OH is 1. The minimum atomic E-state index is -3.39. The van der Waals surface area contributed by atoms with E-state index in [1.54, 1.807) is 19.1 Å². The molecule has 92 valence electrons. The minimum Gasteiger partial charge on any atom is -0.395 e. The number of sulfonamides is 1. The Hall–Kier alpha value is -1.35. The zero-order valence-corrected chi connectivity index (χ0v) is 10.4. The molecule has 1 aromatic rings. The van der Waals surface area contributed by atoms with Crippen molar-refractivity contribution in [2.45, 2.75) is 18.2 Å². The summed E-state index contributed by atoms with van der Waals surface area (Å²) in [4.78, 5) is 0.229. The van der Waals surface area contributed by atoms with Crippen molar-refractivity contribution in [3.63, 3.8) is 0 Å². The van der Waals surface area contributed by atoms with Crippen LogP contribution in [0.25, 0.3) is 0 Å². The van der Waals surface area contributed by atoms with Gasteiger partial charge in [0.2, 0.25) is 10.0 Å². The fraction of sp³-hybridized carbons (Fsp3) is 0.333. The molecule has 4 nitrogen and oxygen atoms in total. The predicted molar refractivity (Wildman–Crippen MR) is 65.9 cm³/mol. The quantitative estimate of drug-likeness (QED) is 0.777. The lowest BCUT2D eigenvalue weighted by atomic mass is 10.2. The van der Waals surface area contributed by atoms with Gasteiger partial charge in [-0.2, -0.15) is 0 Å². The summed E-state index contributed by atoms with van der Waals surface area (Å²) in [5, 5.41) is 8.56. The van der Waals surface area contributed by atoms with Crippen LogP contribution in [0.5, 0.6) is 0 Å². The Morgan fingerprint density at radius 1 is 1.29 bits per heavy atom. The lowest BCUT2D eigenvalue weighted by Gasteiger charge is -2.03. The van der Waals surface area contributed by atoms with Crippen LogP contribution in [-0.4, -0.2) is 26.7 Å². The van der Waals surface area contributed by atoms with Crippen molar-refractivity contribution in [1.82, 2.24) is 4.72 Å². The van der Waals surface area contributed by atoms with Crippen LogP contribution in [0.15, 0.2) is 29.2 Å². The highest BCUT2D eigenvalue weighted by atomic mass is 32.2. The lowest BCUT2D eigenvalue weighted by molar-refractivity contribution is 0.305. The Kier molecular flexibility index (Phi) is 5.16. The number of benzene rings is 1. The number of nitrogens with one attached hydrogen (secondary N) is 1. The molecule has 0 saturated heterocycles. The summed E-state index contributed by atoms with van der Waals surface area (Å²) in [6.45, 7) is 2.12. The van der Waals surface area contributed by atoms with Gasteiger partial charge in [-0.05, 0) is 24.3 Å². The molecule has 0 radical (unpaired) electrons. The van der Waals surface area contributed by atoms with Crippen LogP contribution in [0, 0.1) is 11.8 Å². The van der Waals surface area contributed by atoms with Crippen molar-refractivity contribution in [1.29, 1.82) is 0 Å². The maximum atomic E-state index is 11.6. The van der Waals surface area contributed by atoms with Gasteiger partial charge in [-0.25, -0.2) is 13.1 Å². The lowest BCUT2D eigenvalue weighted by Crippen LogP contribution is -2.22. The highest BCUT2D eigenvalue weighted by Gasteiger charge is 2.11. The Balaban J connectivity index is 2.86. The van der Waals surface area contributed by atoms with Crippen LogP contribution in [0.4, 0.5) is 0 Å². The second-order valence-corrected chi connectivity index (χ2v) is 5.07. The first-order valence-corrected chi connectivity index (χ1v) is 6.78. The fourth-order valence-corrected chi connectivity index (χ4v) is 2.25. The summed E-state index contributed by atoms with van der Waals surface area (Å²) >= 11 is 0. The van der Waals surface area contributed by atoms with Crippen molar-refractivity contribution < 1.29 is 13.5 Å². The molecule has 17 heavy (non-hydrogen) atoms. The van der Waals surface area contributed by atoms with Gasteiger partial charge in [-0.3, -0.25) is 0 Å². The van der Waals surface area contributed by atoms with Gasteiger partial charge in [-0.15, -0.1) is 0 Å². The average molecular weight is 253 g/mol. The molecule has 0 spiro atoms. The van der Waals surface area contributed by atoms with E-state index in [9.17, 15) is 8.42 Å². The van der Waals surface area contributed by atoms with Crippen molar-refractivity contribution in [3.8, 4) is 11.8 Å². The van der Waals surface area contributed by atoms with Gasteiger partial charge in [0.25, 0.3) is 0 Å². The molecule has 1 aromatic carbocycles. The highest BCUT2D eigenvalue weighted by Crippen LogP contribution is 2.09. The van der Waals surface area contributed by atoms with Crippen molar-refractivity contribution in [2.24, 2.45) is 0 Å². The Bertz CT molecular complexity index is 509. The van der Waals surface area contributed by atoms with Crippen molar-refractivity contribution in [3.05, 3.63) is 29.8 Å². The van der Waals surface area contributed by atoms with Crippen molar-refractivity contribution in [2.75, 3.05) is 13.2 Å². The third-order valence-electron chi connectivity index (χ3n) is 1.97. The largest absolute Gasteiger partial charge is 0.395 e. The summed E-state index contributed by atoms with van der Waals surface area (Å²) in [6.07, 6.45) is 0.414. The van der Waals surface area contributed by atoms with E-state index >= 15 is 0 Å². The molecule has 2 N–H and O–H groups in total. The molecule has 0 aliphatic heterocycles. The molecule has 0 aliphatic carbocycles. The second-order valence-electron chi connectivity index (χ2n) is 3.30. The molecule has 0 bridgehead atoms. The fourth-order valence-electron chi connectivity index (χ4n) is 1.21. The second kappa shape index (κ2) is 6.40. The summed E-state index contributed by atoms with van der Waals surface area (Å²) in [5.41, 5.74) is 0.730. The topological polar surface area (TPSA) is 66.4 Å². The van der Waals surface area contributed by atoms with Gasteiger partial charge in [0.05, 0.1) is 11.5 Å². The first-order valence-electron chi connectivity index (χ1n) is 5.29. The minimum absolute atomic E-state index is 0.0277. The monoisotopic (exact) mass is 253 g/mol. The van der Waals surface area contributed by atoms with E-state index in [1.807, 2.05) is 0 Å². The molecule has 1 rings (SSSR count). The molecule has 0 unspecified atom stereocenters. The average Bonchev–Trinajstić information content (AvgIpc) is 2.30. The van der Waals surface area contributed by atoms with E-state index in [-0.39, 0.29) is 11.5 Å². The van der Waals surface area contributed by atoms with Crippen LogP contribution in [0.2, 0.25) is 0 Å². The summed E-state index contributed by atoms with van der Waals surface area (Å²) in [7, 11) is -3.39. The number of rotatable bonds is 4. The van der Waals surface area contributed by atoms with Gasteiger partial charge >= 0.3 is 0 Å². The molecular weight excluding hydrogens is 238 g/mol. The SMILES string of the molecule is CCNS(=O)(=O)c1ccc(C#CCCO)cc1. The van der Waals surface area contributed by atoms with Gasteiger partial charge in [0, 0.05) is 18.5 Å². The van der Waals surface area contributed by atoms with Crippen LogP contribution < -0.4 is 4.72 Å². The van der Waals surface area contributed by atoms with Crippen LogP contribution in [0.1, 0.15) is 18.9 Å². The molecule has 0 aliphatic rings. The van der Waals surface area contributed by atoms with Gasteiger partial charge in [-0.1, -0.05) is 18.8 Å². The highest BCUT2D eigenvalue weighted by molar-refractivity contribution is 7.89. The van der Waals surface area contributed by atoms with Crippen LogP contribution >= 0.6 is 0 Å². The third-order valence-corrected chi connectivity index (χ3v) is 3.53. The Morgan fingerprint density at radius 2 is 1.94 bits per heavy atom. The molecule has 0 amide bonds. The molecule has 0 fully saturated rings. The summed E-state index contributed by atoms with van der Waals surface area (Å²) in [5.74, 6) is 5.60. The summed E-state index contributed by atoms with van der Waals surface area (Å²) in [6, 6.07) is 6.32. The third kappa shape index (κ3) is 4.19. The van der Waals surface area contributed by atoms with E-state index < -0.39 is 10.0 Å². The zero-order valence-electron chi connectivity index (χ0n) is 9.60.